The first kappa shape index (κ1) is 15.8. The molecule has 2 heterocycles. The highest BCUT2D eigenvalue weighted by Crippen LogP contribution is 2.18. The van der Waals surface area contributed by atoms with E-state index in [1.54, 1.807) is 18.6 Å². The third-order valence-corrected chi connectivity index (χ3v) is 5.24. The number of hydrogen-bond donors (Lipinski definition) is 1. The summed E-state index contributed by atoms with van der Waals surface area (Å²) in [6, 6.07) is 4.76. The Morgan fingerprint density at radius 2 is 2.17 bits per heavy atom. The van der Waals surface area contributed by atoms with Gasteiger partial charge in [0, 0.05) is 31.5 Å². The first-order valence-electron chi connectivity index (χ1n) is 7.33. The van der Waals surface area contributed by atoms with Crippen molar-refractivity contribution < 1.29 is 12.8 Å². The molecule has 1 aromatic heterocycles. The summed E-state index contributed by atoms with van der Waals surface area (Å²) in [4.78, 5) is 10.2. The number of anilines is 1. The summed E-state index contributed by atoms with van der Waals surface area (Å²) in [6.45, 7) is 1.31. The van der Waals surface area contributed by atoms with Gasteiger partial charge in [0.1, 0.15) is 11.6 Å². The van der Waals surface area contributed by atoms with Crippen molar-refractivity contribution in [3.63, 3.8) is 0 Å². The summed E-state index contributed by atoms with van der Waals surface area (Å²) in [5.41, 5.74) is 0. The van der Waals surface area contributed by atoms with Gasteiger partial charge in [-0.2, -0.15) is 0 Å². The van der Waals surface area contributed by atoms with E-state index in [1.807, 2.05) is 4.90 Å². The van der Waals surface area contributed by atoms with E-state index in [0.29, 0.717) is 6.54 Å². The summed E-state index contributed by atoms with van der Waals surface area (Å²) in [7, 11) is -3.74. The lowest BCUT2D eigenvalue weighted by Gasteiger charge is -2.33. The van der Waals surface area contributed by atoms with Gasteiger partial charge < -0.3 is 4.90 Å². The van der Waals surface area contributed by atoms with Gasteiger partial charge in [0.25, 0.3) is 0 Å². The maximum absolute atomic E-state index is 13.2. The predicted molar refractivity (Wildman–Crippen MR) is 84.0 cm³/mol. The Labute approximate surface area is 134 Å². The fourth-order valence-electron chi connectivity index (χ4n) is 2.66. The SMILES string of the molecule is O=S(=O)(N[C@H]1CCCN(c2cnccn2)C1)c1cccc(F)c1. The number of nitrogens with zero attached hydrogens (tertiary/aromatic N) is 3. The summed E-state index contributed by atoms with van der Waals surface area (Å²) < 4.78 is 40.6. The Morgan fingerprint density at radius 3 is 2.91 bits per heavy atom. The second-order valence-electron chi connectivity index (χ2n) is 5.43. The minimum atomic E-state index is -3.74. The minimum Gasteiger partial charge on any atom is -0.354 e. The second kappa shape index (κ2) is 6.59. The van der Waals surface area contributed by atoms with Crippen molar-refractivity contribution in [1.82, 2.24) is 14.7 Å². The Balaban J connectivity index is 1.72. The van der Waals surface area contributed by atoms with Crippen molar-refractivity contribution in [2.75, 3.05) is 18.0 Å². The van der Waals surface area contributed by atoms with E-state index in [4.69, 9.17) is 0 Å². The quantitative estimate of drug-likeness (QED) is 0.917. The molecule has 1 saturated heterocycles. The molecule has 1 atom stereocenters. The molecule has 1 fully saturated rings. The fraction of sp³-hybridized carbons (Fsp3) is 0.333. The zero-order valence-corrected chi connectivity index (χ0v) is 13.2. The highest BCUT2D eigenvalue weighted by Gasteiger charge is 2.26. The zero-order valence-electron chi connectivity index (χ0n) is 12.4. The van der Waals surface area contributed by atoms with E-state index in [-0.39, 0.29) is 10.9 Å². The molecule has 0 amide bonds. The van der Waals surface area contributed by atoms with Crippen molar-refractivity contribution in [3.8, 4) is 0 Å². The van der Waals surface area contributed by atoms with Crippen LogP contribution in [0.5, 0.6) is 0 Å². The van der Waals surface area contributed by atoms with Gasteiger partial charge >= 0.3 is 0 Å². The van der Waals surface area contributed by atoms with Crippen LogP contribution < -0.4 is 9.62 Å². The first-order chi connectivity index (χ1) is 11.0. The van der Waals surface area contributed by atoms with Crippen LogP contribution in [-0.2, 0) is 10.0 Å². The molecule has 0 radical (unpaired) electrons. The molecular formula is C15H17FN4O2S. The number of piperidine rings is 1. The van der Waals surface area contributed by atoms with Crippen molar-refractivity contribution in [2.45, 2.75) is 23.8 Å². The molecule has 1 aliphatic rings. The van der Waals surface area contributed by atoms with Crippen LogP contribution in [-0.4, -0.2) is 37.5 Å². The van der Waals surface area contributed by atoms with Gasteiger partial charge in [0.2, 0.25) is 10.0 Å². The lowest BCUT2D eigenvalue weighted by molar-refractivity contribution is 0.463. The molecule has 6 nitrogen and oxygen atoms in total. The number of hydrogen-bond acceptors (Lipinski definition) is 5. The van der Waals surface area contributed by atoms with Crippen LogP contribution >= 0.6 is 0 Å². The highest BCUT2D eigenvalue weighted by atomic mass is 32.2. The molecule has 1 aliphatic heterocycles. The van der Waals surface area contributed by atoms with E-state index < -0.39 is 15.8 Å². The normalized spacial score (nSPS) is 18.8. The minimum absolute atomic E-state index is 0.0610. The van der Waals surface area contributed by atoms with Crippen LogP contribution in [0.25, 0.3) is 0 Å². The number of rotatable bonds is 4. The number of aromatic nitrogens is 2. The van der Waals surface area contributed by atoms with Gasteiger partial charge in [-0.25, -0.2) is 22.5 Å². The summed E-state index contributed by atoms with van der Waals surface area (Å²) >= 11 is 0. The maximum Gasteiger partial charge on any atom is 0.240 e. The number of sulfonamides is 1. The summed E-state index contributed by atoms with van der Waals surface area (Å²) in [6.07, 6.45) is 6.43. The lowest BCUT2D eigenvalue weighted by Crippen LogP contribution is -2.48. The molecule has 3 rings (SSSR count). The number of nitrogens with one attached hydrogen (secondary N) is 1. The van der Waals surface area contributed by atoms with E-state index >= 15 is 0 Å². The molecule has 0 unspecified atom stereocenters. The van der Waals surface area contributed by atoms with E-state index in [2.05, 4.69) is 14.7 Å². The van der Waals surface area contributed by atoms with Gasteiger partial charge in [0.05, 0.1) is 11.1 Å². The Morgan fingerprint density at radius 1 is 1.30 bits per heavy atom. The smallest absolute Gasteiger partial charge is 0.240 e. The van der Waals surface area contributed by atoms with Crippen LogP contribution in [0.4, 0.5) is 10.2 Å². The Hall–Kier alpha value is -2.06. The third-order valence-electron chi connectivity index (χ3n) is 3.72. The monoisotopic (exact) mass is 336 g/mol. The van der Waals surface area contributed by atoms with Gasteiger partial charge in [-0.05, 0) is 31.0 Å². The topological polar surface area (TPSA) is 75.2 Å². The average molecular weight is 336 g/mol. The Bertz CT molecular complexity index is 770. The molecule has 0 spiro atoms. The molecule has 122 valence electrons. The van der Waals surface area contributed by atoms with Crippen LogP contribution in [0.15, 0.2) is 47.8 Å². The van der Waals surface area contributed by atoms with Gasteiger partial charge in [0.15, 0.2) is 0 Å². The molecular weight excluding hydrogens is 319 g/mol. The largest absolute Gasteiger partial charge is 0.354 e. The fourth-order valence-corrected chi connectivity index (χ4v) is 3.95. The van der Waals surface area contributed by atoms with Crippen molar-refractivity contribution in [2.24, 2.45) is 0 Å². The Kier molecular flexibility index (Phi) is 4.53. The molecule has 2 aromatic rings. The predicted octanol–water partition coefficient (Wildman–Crippen LogP) is 1.56. The number of halogens is 1. The van der Waals surface area contributed by atoms with Crippen LogP contribution in [0.3, 0.4) is 0 Å². The second-order valence-corrected chi connectivity index (χ2v) is 7.14. The zero-order chi connectivity index (χ0) is 16.3. The van der Waals surface area contributed by atoms with Crippen molar-refractivity contribution in [1.29, 1.82) is 0 Å². The molecule has 0 saturated carbocycles. The maximum atomic E-state index is 13.2. The van der Waals surface area contributed by atoms with E-state index in [0.717, 1.165) is 31.3 Å². The molecule has 23 heavy (non-hydrogen) atoms. The van der Waals surface area contributed by atoms with Crippen molar-refractivity contribution in [3.05, 3.63) is 48.7 Å². The standard InChI is InChI=1S/C15H17FN4O2S/c16-12-3-1-5-14(9-12)23(21,22)19-13-4-2-8-20(11-13)15-10-17-6-7-18-15/h1,3,5-7,9-10,13,19H,2,4,8,11H2/t13-/m0/s1. The molecule has 8 heteroatoms. The van der Waals surface area contributed by atoms with Gasteiger partial charge in [-0.1, -0.05) is 6.07 Å². The molecule has 0 bridgehead atoms. The van der Waals surface area contributed by atoms with Crippen LogP contribution in [0.2, 0.25) is 0 Å². The molecule has 1 aromatic carbocycles. The van der Waals surface area contributed by atoms with Crippen LogP contribution in [0.1, 0.15) is 12.8 Å². The highest BCUT2D eigenvalue weighted by molar-refractivity contribution is 7.89. The van der Waals surface area contributed by atoms with Crippen molar-refractivity contribution >= 4 is 15.8 Å². The van der Waals surface area contributed by atoms with Gasteiger partial charge in [-0.3, -0.25) is 4.98 Å². The molecule has 0 aliphatic carbocycles. The lowest BCUT2D eigenvalue weighted by atomic mass is 10.1. The molecule has 1 N–H and O–H groups in total. The van der Waals surface area contributed by atoms with Gasteiger partial charge in [-0.15, -0.1) is 0 Å². The van der Waals surface area contributed by atoms with E-state index in [9.17, 15) is 12.8 Å². The summed E-state index contributed by atoms with van der Waals surface area (Å²) in [5.74, 6) is 0.153. The average Bonchev–Trinajstić information content (AvgIpc) is 2.55. The van der Waals surface area contributed by atoms with Crippen LogP contribution in [0, 0.1) is 5.82 Å². The first-order valence-corrected chi connectivity index (χ1v) is 8.82. The van der Waals surface area contributed by atoms with E-state index in [1.165, 1.54) is 18.2 Å². The number of benzene rings is 1. The summed E-state index contributed by atoms with van der Waals surface area (Å²) in [5, 5.41) is 0. The third kappa shape index (κ3) is 3.83.